The third-order valence-corrected chi connectivity index (χ3v) is 15.9. The summed E-state index contributed by atoms with van der Waals surface area (Å²) in [6, 6.07) is 8.38. The fraction of sp³-hybridized carbons (Fsp3) is 0.786. The number of carbonyl (C=O) groups excluding carboxylic acids is 3. The summed E-state index contributed by atoms with van der Waals surface area (Å²) in [5, 5.41) is 30.2. The highest BCUT2D eigenvalue weighted by Crippen LogP contribution is 2.68. The molecule has 58 heavy (non-hydrogen) atoms. The minimum atomic E-state index is -4.10. The minimum Gasteiger partial charge on any atom is -0.445 e. The van der Waals surface area contributed by atoms with Crippen LogP contribution in [-0.2, 0) is 35.2 Å². The number of aliphatic hydroxyl groups excluding tert-OH is 2. The number of unbranched alkanes of at least 4 members (excludes halogenated alkanes) is 1. The van der Waals surface area contributed by atoms with Crippen molar-refractivity contribution >= 4 is 62.8 Å². The van der Waals surface area contributed by atoms with Gasteiger partial charge < -0.3 is 30.9 Å². The maximum Gasteiger partial charge on any atom is 0.407 e. The van der Waals surface area contributed by atoms with E-state index in [-0.39, 0.29) is 66.8 Å². The third-order valence-electron chi connectivity index (χ3n) is 14.3. The summed E-state index contributed by atoms with van der Waals surface area (Å²) < 4.78 is 32.6. The van der Waals surface area contributed by atoms with Gasteiger partial charge in [0.15, 0.2) is 0 Å². The number of benzene rings is 1. The van der Waals surface area contributed by atoms with E-state index in [9.17, 15) is 33.0 Å². The molecule has 4 aliphatic carbocycles. The molecule has 4 fully saturated rings. The van der Waals surface area contributed by atoms with Crippen molar-refractivity contribution in [3.05, 3.63) is 35.9 Å². The molecule has 3 amide bonds. The zero-order valence-corrected chi connectivity index (χ0v) is 37.2. The molecule has 0 saturated heterocycles. The normalized spacial score (nSPS) is 31.8. The van der Waals surface area contributed by atoms with Crippen molar-refractivity contribution in [2.45, 2.75) is 133 Å². The number of fused-ring (bicyclic) bond motifs is 5. The van der Waals surface area contributed by atoms with Crippen molar-refractivity contribution in [2.75, 3.05) is 25.4 Å². The molecule has 5 unspecified atom stereocenters. The standard InChI is InChI=1S/C42H64Cl3N3O9S/c1-27(31-13-14-32-37-33(17-19-41(31,32)3)40(2)18-16-30(49)23-29(40)24-35(37)50)12-15-36(51)48-34(38(52)46-21-22-58(54,55)57-26-42(43,44)45)11-7-8-20-47-39(53)56-25-28-9-5-4-6-10-28/h4-6,9-10,27,29-35,37,49-50H,7-8,11-26H2,1-3H3,(H,46,52)(H,47,53)(H,48,51)/t27-,29?,30-,31?,32?,33?,34+,35+,37?,40+,41-/m1/s1. The zero-order chi connectivity index (χ0) is 42.3. The van der Waals surface area contributed by atoms with Crippen LogP contribution in [0.1, 0.15) is 110 Å². The number of hydrogen-bond donors (Lipinski definition) is 5. The zero-order valence-electron chi connectivity index (χ0n) is 34.1. The van der Waals surface area contributed by atoms with Crippen LogP contribution in [0.4, 0.5) is 4.79 Å². The van der Waals surface area contributed by atoms with Gasteiger partial charge in [0.2, 0.25) is 15.6 Å². The minimum absolute atomic E-state index is 0.0721. The van der Waals surface area contributed by atoms with Gasteiger partial charge in [-0.25, -0.2) is 4.79 Å². The number of alkyl carbamates (subject to hydrolysis) is 1. The quantitative estimate of drug-likeness (QED) is 0.0602. The lowest BCUT2D eigenvalue weighted by Crippen LogP contribution is -2.58. The molecule has 0 aromatic heterocycles. The molecule has 1 aromatic carbocycles. The molecule has 328 valence electrons. The second-order valence-electron chi connectivity index (χ2n) is 18.0. The summed E-state index contributed by atoms with van der Waals surface area (Å²) in [5.74, 6) is 0.826. The van der Waals surface area contributed by atoms with Crippen LogP contribution in [0.15, 0.2) is 30.3 Å². The maximum atomic E-state index is 13.5. The first-order chi connectivity index (χ1) is 27.3. The lowest BCUT2D eigenvalue weighted by Gasteiger charge is -2.62. The molecule has 0 spiro atoms. The molecular formula is C42H64Cl3N3O9S. The Kier molecular flexibility index (Phi) is 16.5. The lowest BCUT2D eigenvalue weighted by molar-refractivity contribution is -0.174. The van der Waals surface area contributed by atoms with E-state index < -0.39 is 44.3 Å². The highest BCUT2D eigenvalue weighted by molar-refractivity contribution is 7.86. The Labute approximate surface area is 359 Å². The second-order valence-corrected chi connectivity index (χ2v) is 22.3. The molecule has 0 radical (unpaired) electrons. The van der Waals surface area contributed by atoms with E-state index >= 15 is 0 Å². The predicted octanol–water partition coefficient (Wildman–Crippen LogP) is 6.81. The number of halogens is 3. The van der Waals surface area contributed by atoms with E-state index in [1.54, 1.807) is 0 Å². The van der Waals surface area contributed by atoms with Gasteiger partial charge in [-0.1, -0.05) is 85.9 Å². The summed E-state index contributed by atoms with van der Waals surface area (Å²) in [6.45, 7) is 6.55. The number of carbonyl (C=O) groups is 3. The highest BCUT2D eigenvalue weighted by Gasteiger charge is 2.62. The van der Waals surface area contributed by atoms with Gasteiger partial charge in [-0.2, -0.15) is 8.42 Å². The lowest BCUT2D eigenvalue weighted by atomic mass is 9.43. The topological polar surface area (TPSA) is 180 Å². The monoisotopic (exact) mass is 891 g/mol. The summed E-state index contributed by atoms with van der Waals surface area (Å²) in [5.41, 5.74) is 1.10. The van der Waals surface area contributed by atoms with Crippen molar-refractivity contribution in [2.24, 2.45) is 46.3 Å². The molecule has 5 rings (SSSR count). The first kappa shape index (κ1) is 47.2. The van der Waals surface area contributed by atoms with E-state index in [1.807, 2.05) is 30.3 Å². The van der Waals surface area contributed by atoms with E-state index in [2.05, 4.69) is 36.7 Å². The summed E-state index contributed by atoms with van der Waals surface area (Å²) in [6.07, 6.45) is 8.72. The molecular weight excluding hydrogens is 829 g/mol. The molecule has 1 aromatic rings. The van der Waals surface area contributed by atoms with Gasteiger partial charge in [-0.05, 0) is 129 Å². The Balaban J connectivity index is 1.12. The number of rotatable bonds is 18. The Morgan fingerprint density at radius 1 is 0.914 bits per heavy atom. The Hall–Kier alpha value is -1.87. The number of hydrogen-bond acceptors (Lipinski definition) is 9. The van der Waals surface area contributed by atoms with Crippen LogP contribution in [0.5, 0.6) is 0 Å². The van der Waals surface area contributed by atoms with E-state index in [0.717, 1.165) is 56.9 Å². The molecule has 11 atom stereocenters. The first-order valence-corrected chi connectivity index (χ1v) is 23.8. The Bertz CT molecular complexity index is 1650. The predicted molar refractivity (Wildman–Crippen MR) is 224 cm³/mol. The smallest absolute Gasteiger partial charge is 0.407 e. The molecule has 12 nitrogen and oxygen atoms in total. The summed E-state index contributed by atoms with van der Waals surface area (Å²) in [7, 11) is -4.10. The highest BCUT2D eigenvalue weighted by atomic mass is 35.6. The fourth-order valence-electron chi connectivity index (χ4n) is 11.3. The van der Waals surface area contributed by atoms with Crippen LogP contribution in [0.3, 0.4) is 0 Å². The van der Waals surface area contributed by atoms with Crippen molar-refractivity contribution in [3.63, 3.8) is 0 Å². The van der Waals surface area contributed by atoms with Gasteiger partial charge >= 0.3 is 6.09 Å². The molecule has 4 saturated carbocycles. The second kappa shape index (κ2) is 20.3. The fourth-order valence-corrected chi connectivity index (χ4v) is 12.5. The molecule has 16 heteroatoms. The molecule has 0 aliphatic heterocycles. The Morgan fingerprint density at radius 3 is 2.34 bits per heavy atom. The van der Waals surface area contributed by atoms with E-state index in [4.69, 9.17) is 43.7 Å². The van der Waals surface area contributed by atoms with Gasteiger partial charge in [0, 0.05) is 19.5 Å². The Morgan fingerprint density at radius 2 is 1.62 bits per heavy atom. The van der Waals surface area contributed by atoms with Gasteiger partial charge in [0.1, 0.15) is 19.3 Å². The molecule has 0 bridgehead atoms. The molecule has 0 heterocycles. The van der Waals surface area contributed by atoms with Gasteiger partial charge in [-0.3, -0.25) is 13.8 Å². The third kappa shape index (κ3) is 12.4. The van der Waals surface area contributed by atoms with E-state index in [1.165, 1.54) is 0 Å². The summed E-state index contributed by atoms with van der Waals surface area (Å²) in [4.78, 5) is 39.0. The van der Waals surface area contributed by atoms with Crippen LogP contribution < -0.4 is 16.0 Å². The van der Waals surface area contributed by atoms with Crippen LogP contribution >= 0.6 is 34.8 Å². The van der Waals surface area contributed by atoms with Gasteiger partial charge in [-0.15, -0.1) is 0 Å². The van der Waals surface area contributed by atoms with Gasteiger partial charge in [0.05, 0.1) is 18.0 Å². The summed E-state index contributed by atoms with van der Waals surface area (Å²) >= 11 is 16.8. The van der Waals surface area contributed by atoms with Crippen molar-refractivity contribution < 1.29 is 41.9 Å². The number of nitrogens with one attached hydrogen (secondary N) is 3. The molecule has 4 aliphatic rings. The SMILES string of the molecule is C[C@H](CCC(=O)N[C@@H](CCCCNC(=O)OCc1ccccc1)C(=O)NCCS(=O)(=O)OCC(Cl)(Cl)Cl)C1CCC2C3C(CC[C@@]21C)[C@@]1(C)CC[C@@H](O)CC1C[C@@H]3O. The first-order valence-electron chi connectivity index (χ1n) is 21.1. The maximum absolute atomic E-state index is 13.5. The number of amides is 3. The van der Waals surface area contributed by atoms with Crippen molar-refractivity contribution in [1.82, 2.24) is 16.0 Å². The van der Waals surface area contributed by atoms with Crippen LogP contribution in [0.25, 0.3) is 0 Å². The van der Waals surface area contributed by atoms with Gasteiger partial charge in [0.25, 0.3) is 10.1 Å². The number of alkyl halides is 3. The van der Waals surface area contributed by atoms with Crippen molar-refractivity contribution in [3.8, 4) is 0 Å². The average Bonchev–Trinajstić information content (AvgIpc) is 3.52. The average molecular weight is 893 g/mol. The number of ether oxygens (including phenoxy) is 1. The van der Waals surface area contributed by atoms with Crippen LogP contribution in [0, 0.1) is 46.3 Å². The van der Waals surface area contributed by atoms with Crippen molar-refractivity contribution in [1.29, 1.82) is 0 Å². The van der Waals surface area contributed by atoms with Crippen LogP contribution in [-0.4, -0.2) is 84.0 Å². The largest absolute Gasteiger partial charge is 0.445 e. The molecule has 5 N–H and O–H groups in total. The van der Waals surface area contributed by atoms with Crippen LogP contribution in [0.2, 0.25) is 0 Å². The van der Waals surface area contributed by atoms with E-state index in [0.29, 0.717) is 49.5 Å². The number of aliphatic hydroxyl groups is 2.